The molecule has 1 aliphatic heterocycles. The molecule has 36 heavy (non-hydrogen) atoms. The van der Waals surface area contributed by atoms with Crippen LogP contribution in [0, 0.1) is 40.7 Å². The summed E-state index contributed by atoms with van der Waals surface area (Å²) < 4.78 is 137. The zero-order valence-corrected chi connectivity index (χ0v) is 18.3. The molecule has 4 rings (SSSR count). The van der Waals surface area contributed by atoms with Crippen LogP contribution in [0.15, 0.2) is 48.2 Å². The molecule has 0 radical (unpaired) electrons. The Balaban J connectivity index is 1.64. The minimum Gasteiger partial charge on any atom is -0.493 e. The molecule has 1 unspecified atom stereocenters. The van der Waals surface area contributed by atoms with Crippen LogP contribution in [0.2, 0.25) is 0 Å². The Kier molecular flexibility index (Phi) is 6.68. The Hall–Kier alpha value is -3.63. The molecular weight excluding hydrogens is 503 g/mol. The van der Waals surface area contributed by atoms with E-state index >= 15 is 0 Å². The molecule has 1 aliphatic rings. The maximum Gasteiger partial charge on any atom is 0.432 e. The van der Waals surface area contributed by atoms with E-state index in [0.29, 0.717) is 37.1 Å². The third-order valence-corrected chi connectivity index (χ3v) is 5.50. The second-order valence-electron chi connectivity index (χ2n) is 8.12. The summed E-state index contributed by atoms with van der Waals surface area (Å²) in [5.74, 6) is -13.1. The van der Waals surface area contributed by atoms with Gasteiger partial charge in [0, 0.05) is 12.1 Å². The van der Waals surface area contributed by atoms with E-state index in [-0.39, 0.29) is 17.7 Å². The summed E-state index contributed by atoms with van der Waals surface area (Å²) in [6, 6.07) is 2.34. The molecule has 0 N–H and O–H groups in total. The van der Waals surface area contributed by atoms with Gasteiger partial charge in [-0.3, -0.25) is 0 Å². The molecule has 0 aliphatic carbocycles. The third kappa shape index (κ3) is 4.87. The van der Waals surface area contributed by atoms with Crippen molar-refractivity contribution in [3.05, 3.63) is 100 Å². The standard InChI is InChI=1S/C25H15F9O2/c1-11-2-3-21(35-10-11)12-4-17(28)23(18(29)5-12)25(33,34)36-14-8-15(26)22(16(27)9-14)13-6-19(30)24(32)20(31)7-13/h4-10,21H,2-3H2,1H3. The zero-order valence-electron chi connectivity index (χ0n) is 18.3. The SMILES string of the molecule is CC1=COC(c2cc(F)c(C(F)(F)Oc3cc(F)c(-c4cc(F)c(F)c(F)c4)c(F)c3)c(F)c2)CC1. The first-order valence-corrected chi connectivity index (χ1v) is 10.4. The van der Waals surface area contributed by atoms with Crippen molar-refractivity contribution < 1.29 is 49.0 Å². The van der Waals surface area contributed by atoms with Gasteiger partial charge in [-0.2, -0.15) is 8.78 Å². The molecule has 0 aromatic heterocycles. The van der Waals surface area contributed by atoms with Crippen LogP contribution in [0.3, 0.4) is 0 Å². The summed E-state index contributed by atoms with van der Waals surface area (Å²) in [6.45, 7) is 1.78. The summed E-state index contributed by atoms with van der Waals surface area (Å²) in [7, 11) is 0. The van der Waals surface area contributed by atoms with E-state index in [1.807, 2.05) is 0 Å². The maximum absolute atomic E-state index is 14.7. The molecule has 0 amide bonds. The van der Waals surface area contributed by atoms with Crippen molar-refractivity contribution in [2.45, 2.75) is 32.0 Å². The van der Waals surface area contributed by atoms with Crippen LogP contribution in [0.1, 0.15) is 37.0 Å². The molecule has 1 atom stereocenters. The van der Waals surface area contributed by atoms with Gasteiger partial charge >= 0.3 is 6.11 Å². The fourth-order valence-electron chi connectivity index (χ4n) is 3.77. The largest absolute Gasteiger partial charge is 0.493 e. The first-order valence-electron chi connectivity index (χ1n) is 10.4. The van der Waals surface area contributed by atoms with E-state index < -0.39 is 75.4 Å². The van der Waals surface area contributed by atoms with Gasteiger partial charge < -0.3 is 9.47 Å². The predicted octanol–water partition coefficient (Wildman–Crippen LogP) is 8.21. The number of ether oxygens (including phenoxy) is 2. The average molecular weight is 518 g/mol. The number of benzene rings is 3. The number of alkyl halides is 2. The summed E-state index contributed by atoms with van der Waals surface area (Å²) in [4.78, 5) is 0. The Bertz CT molecular complexity index is 1300. The first-order chi connectivity index (χ1) is 16.9. The molecule has 2 nitrogen and oxygen atoms in total. The normalized spacial score (nSPS) is 15.9. The molecule has 190 valence electrons. The smallest absolute Gasteiger partial charge is 0.432 e. The van der Waals surface area contributed by atoms with Gasteiger partial charge in [-0.1, -0.05) is 0 Å². The minimum atomic E-state index is -4.72. The summed E-state index contributed by atoms with van der Waals surface area (Å²) in [5.41, 5.74) is -2.77. The molecule has 11 heteroatoms. The number of halogens is 9. The predicted molar refractivity (Wildman–Crippen MR) is 109 cm³/mol. The van der Waals surface area contributed by atoms with Gasteiger partial charge in [0.1, 0.15) is 40.7 Å². The van der Waals surface area contributed by atoms with Crippen molar-refractivity contribution in [2.24, 2.45) is 0 Å². The summed E-state index contributed by atoms with van der Waals surface area (Å²) >= 11 is 0. The molecule has 3 aromatic carbocycles. The van der Waals surface area contributed by atoms with Gasteiger partial charge in [-0.05, 0) is 60.7 Å². The highest BCUT2D eigenvalue weighted by molar-refractivity contribution is 5.66. The van der Waals surface area contributed by atoms with Crippen LogP contribution in [0.5, 0.6) is 5.75 Å². The Morgan fingerprint density at radius 2 is 1.33 bits per heavy atom. The van der Waals surface area contributed by atoms with Crippen molar-refractivity contribution in [2.75, 3.05) is 0 Å². The number of rotatable bonds is 5. The average Bonchev–Trinajstić information content (AvgIpc) is 2.76. The molecule has 3 aromatic rings. The zero-order chi connectivity index (χ0) is 26.4. The van der Waals surface area contributed by atoms with E-state index in [1.165, 1.54) is 6.26 Å². The van der Waals surface area contributed by atoms with Gasteiger partial charge in [0.05, 0.1) is 11.8 Å². The Morgan fingerprint density at radius 3 is 1.83 bits per heavy atom. The molecule has 0 spiro atoms. The highest BCUT2D eigenvalue weighted by atomic mass is 19.3. The van der Waals surface area contributed by atoms with Crippen LogP contribution in [-0.4, -0.2) is 0 Å². The van der Waals surface area contributed by atoms with Crippen LogP contribution in [0.25, 0.3) is 11.1 Å². The highest BCUT2D eigenvalue weighted by Crippen LogP contribution is 2.39. The topological polar surface area (TPSA) is 18.5 Å². The Morgan fingerprint density at radius 1 is 0.778 bits per heavy atom. The highest BCUT2D eigenvalue weighted by Gasteiger charge is 2.42. The second kappa shape index (κ2) is 9.44. The van der Waals surface area contributed by atoms with E-state index in [1.54, 1.807) is 6.92 Å². The monoisotopic (exact) mass is 518 g/mol. The quantitative estimate of drug-likeness (QED) is 0.250. The molecule has 0 fully saturated rings. The number of allylic oxidation sites excluding steroid dienone is 1. The molecule has 0 bridgehead atoms. The lowest BCUT2D eigenvalue weighted by molar-refractivity contribution is -0.189. The molecular formula is C25H15F9O2. The van der Waals surface area contributed by atoms with Gasteiger partial charge in [0.25, 0.3) is 0 Å². The molecule has 0 saturated heterocycles. The fraction of sp³-hybridized carbons (Fsp3) is 0.200. The van der Waals surface area contributed by atoms with E-state index in [2.05, 4.69) is 4.74 Å². The van der Waals surface area contributed by atoms with Gasteiger partial charge in [-0.25, -0.2) is 30.7 Å². The van der Waals surface area contributed by atoms with Gasteiger partial charge in [0.2, 0.25) is 0 Å². The van der Waals surface area contributed by atoms with Crippen LogP contribution in [0.4, 0.5) is 39.5 Å². The van der Waals surface area contributed by atoms with Crippen molar-refractivity contribution in [3.8, 4) is 16.9 Å². The van der Waals surface area contributed by atoms with E-state index in [9.17, 15) is 39.5 Å². The van der Waals surface area contributed by atoms with Crippen molar-refractivity contribution in [1.82, 2.24) is 0 Å². The van der Waals surface area contributed by atoms with Crippen molar-refractivity contribution in [3.63, 3.8) is 0 Å². The summed E-state index contributed by atoms with van der Waals surface area (Å²) in [6.07, 6.45) is -3.15. The van der Waals surface area contributed by atoms with Crippen LogP contribution >= 0.6 is 0 Å². The molecule has 1 heterocycles. The van der Waals surface area contributed by atoms with E-state index in [0.717, 1.165) is 5.57 Å². The lowest BCUT2D eigenvalue weighted by atomic mass is 9.98. The van der Waals surface area contributed by atoms with Gasteiger partial charge in [-0.15, -0.1) is 0 Å². The van der Waals surface area contributed by atoms with E-state index in [4.69, 9.17) is 4.74 Å². The van der Waals surface area contributed by atoms with Crippen LogP contribution < -0.4 is 4.74 Å². The number of hydrogen-bond donors (Lipinski definition) is 0. The fourth-order valence-corrected chi connectivity index (χ4v) is 3.77. The van der Waals surface area contributed by atoms with Gasteiger partial charge in [0.15, 0.2) is 17.5 Å². The molecule has 0 saturated carbocycles. The second-order valence-corrected chi connectivity index (χ2v) is 8.12. The van der Waals surface area contributed by atoms with Crippen molar-refractivity contribution >= 4 is 0 Å². The lowest BCUT2D eigenvalue weighted by Gasteiger charge is -2.24. The Labute approximate surface area is 198 Å². The first kappa shape index (κ1) is 25.5. The van der Waals surface area contributed by atoms with Crippen LogP contribution in [-0.2, 0) is 10.8 Å². The third-order valence-electron chi connectivity index (χ3n) is 5.50. The lowest BCUT2D eigenvalue weighted by Crippen LogP contribution is -2.26. The van der Waals surface area contributed by atoms with Crippen molar-refractivity contribution in [1.29, 1.82) is 0 Å². The minimum absolute atomic E-state index is 0.0338. The maximum atomic E-state index is 14.7. The number of hydrogen-bond acceptors (Lipinski definition) is 2. The summed E-state index contributed by atoms with van der Waals surface area (Å²) in [5, 5.41) is 0.